The Morgan fingerprint density at radius 1 is 1.27 bits per heavy atom. The van der Waals surface area contributed by atoms with E-state index in [1.165, 1.54) is 0 Å². The van der Waals surface area contributed by atoms with Gasteiger partial charge in [-0.05, 0) is 13.8 Å². The van der Waals surface area contributed by atoms with Gasteiger partial charge >= 0.3 is 0 Å². The van der Waals surface area contributed by atoms with E-state index in [4.69, 9.17) is 0 Å². The van der Waals surface area contributed by atoms with Crippen molar-refractivity contribution in [2.75, 3.05) is 26.4 Å². The summed E-state index contributed by atoms with van der Waals surface area (Å²) in [5.41, 5.74) is 3.22. The van der Waals surface area contributed by atoms with Crippen LogP contribution in [-0.2, 0) is 23.6 Å². The maximum Gasteiger partial charge on any atom is 0.208 e. The average molecular weight is 444 g/mol. The molecule has 0 aliphatic rings. The number of aromatic nitrogens is 2. The van der Waals surface area contributed by atoms with Crippen molar-refractivity contribution in [2.45, 2.75) is 20.4 Å². The van der Waals surface area contributed by atoms with Crippen LogP contribution in [0.25, 0.3) is 0 Å². The molecule has 0 spiro atoms. The van der Waals surface area contributed by atoms with Crippen LogP contribution in [0.3, 0.4) is 0 Å². The number of nitrogens with zero attached hydrogens (tertiary/aromatic N) is 3. The zero-order chi connectivity index (χ0) is 16.0. The van der Waals surface area contributed by atoms with Crippen molar-refractivity contribution >= 4 is 40.0 Å². The SMILES string of the molecule is CN=C(NCCNS(C)(=O)=O)NCc1c(C)nn(C)c1C.I. The molecule has 0 unspecified atom stereocenters. The number of sulfonamides is 1. The van der Waals surface area contributed by atoms with Crippen LogP contribution in [0, 0.1) is 13.8 Å². The Morgan fingerprint density at radius 3 is 2.36 bits per heavy atom. The second-order valence-electron chi connectivity index (χ2n) is 4.79. The summed E-state index contributed by atoms with van der Waals surface area (Å²) in [6.07, 6.45) is 1.13. The van der Waals surface area contributed by atoms with Crippen LogP contribution in [0.1, 0.15) is 17.0 Å². The molecule has 0 aliphatic carbocycles. The molecule has 1 aromatic heterocycles. The molecule has 0 saturated carbocycles. The van der Waals surface area contributed by atoms with Gasteiger partial charge in [-0.2, -0.15) is 5.10 Å². The maximum atomic E-state index is 10.9. The number of aryl methyl sites for hydroxylation is 2. The lowest BCUT2D eigenvalue weighted by molar-refractivity contribution is 0.586. The molecule has 10 heteroatoms. The molecule has 1 heterocycles. The first kappa shape index (κ1) is 21.1. The normalized spacial score (nSPS) is 12.0. The van der Waals surface area contributed by atoms with Gasteiger partial charge in [-0.1, -0.05) is 0 Å². The number of hydrogen-bond acceptors (Lipinski definition) is 4. The lowest BCUT2D eigenvalue weighted by Crippen LogP contribution is -2.41. The Balaban J connectivity index is 0.00000441. The molecule has 0 aliphatic heterocycles. The summed E-state index contributed by atoms with van der Waals surface area (Å²) in [5.74, 6) is 0.618. The van der Waals surface area contributed by atoms with Gasteiger partial charge < -0.3 is 10.6 Å². The summed E-state index contributed by atoms with van der Waals surface area (Å²) in [6.45, 7) is 5.37. The highest BCUT2D eigenvalue weighted by molar-refractivity contribution is 14.0. The molecule has 0 atom stereocenters. The Hall–Kier alpha value is -0.880. The van der Waals surface area contributed by atoms with Gasteiger partial charge in [0.15, 0.2) is 5.96 Å². The summed E-state index contributed by atoms with van der Waals surface area (Å²) < 4.78 is 26.1. The quantitative estimate of drug-likeness (QED) is 0.246. The molecule has 1 rings (SSSR count). The van der Waals surface area contributed by atoms with Crippen molar-refractivity contribution in [1.29, 1.82) is 0 Å². The van der Waals surface area contributed by atoms with E-state index >= 15 is 0 Å². The molecule has 0 radical (unpaired) electrons. The number of nitrogens with one attached hydrogen (secondary N) is 3. The first-order chi connectivity index (χ1) is 9.74. The third-order valence-corrected chi connectivity index (χ3v) is 3.83. The minimum absolute atomic E-state index is 0. The third kappa shape index (κ3) is 6.92. The number of hydrogen-bond donors (Lipinski definition) is 3. The molecular formula is C12H25IN6O2S. The third-order valence-electron chi connectivity index (χ3n) is 3.10. The van der Waals surface area contributed by atoms with Crippen LogP contribution in [0.15, 0.2) is 4.99 Å². The lowest BCUT2D eigenvalue weighted by Gasteiger charge is -2.12. The fourth-order valence-electron chi connectivity index (χ4n) is 1.88. The van der Waals surface area contributed by atoms with Crippen LogP contribution < -0.4 is 15.4 Å². The fourth-order valence-corrected chi connectivity index (χ4v) is 2.36. The van der Waals surface area contributed by atoms with Gasteiger partial charge in [0, 0.05) is 45.0 Å². The number of guanidine groups is 1. The van der Waals surface area contributed by atoms with Gasteiger partial charge in [-0.15, -0.1) is 24.0 Å². The highest BCUT2D eigenvalue weighted by Gasteiger charge is 2.09. The molecule has 8 nitrogen and oxygen atoms in total. The van der Waals surface area contributed by atoms with E-state index in [9.17, 15) is 8.42 Å². The molecule has 128 valence electrons. The van der Waals surface area contributed by atoms with Gasteiger partial charge in [0.05, 0.1) is 11.9 Å². The number of halogens is 1. The zero-order valence-corrected chi connectivity index (χ0v) is 16.7. The Kier molecular flexibility index (Phi) is 8.93. The molecular weight excluding hydrogens is 419 g/mol. The van der Waals surface area contributed by atoms with Crippen LogP contribution in [-0.4, -0.2) is 50.6 Å². The standard InChI is InChI=1S/C12H24N6O2S.HI/c1-9-11(10(2)18(4)17-9)8-15-12(13-3)14-6-7-16-21(5,19)20;/h16H,6-8H2,1-5H3,(H2,13,14,15);1H. The van der Waals surface area contributed by atoms with E-state index in [0.717, 1.165) is 23.2 Å². The second-order valence-corrected chi connectivity index (χ2v) is 6.63. The van der Waals surface area contributed by atoms with Crippen molar-refractivity contribution in [3.8, 4) is 0 Å². The summed E-state index contributed by atoms with van der Waals surface area (Å²) in [4.78, 5) is 4.09. The molecule has 0 aromatic carbocycles. The van der Waals surface area contributed by atoms with E-state index < -0.39 is 10.0 Å². The van der Waals surface area contributed by atoms with Crippen molar-refractivity contribution in [3.63, 3.8) is 0 Å². The number of rotatable bonds is 6. The summed E-state index contributed by atoms with van der Waals surface area (Å²) in [7, 11) is 0.428. The molecule has 22 heavy (non-hydrogen) atoms. The van der Waals surface area contributed by atoms with E-state index in [-0.39, 0.29) is 24.0 Å². The Labute approximate surface area is 149 Å². The van der Waals surface area contributed by atoms with Gasteiger partial charge in [-0.3, -0.25) is 9.67 Å². The largest absolute Gasteiger partial charge is 0.355 e. The van der Waals surface area contributed by atoms with E-state index in [1.807, 2.05) is 25.6 Å². The molecule has 3 N–H and O–H groups in total. The minimum atomic E-state index is -3.15. The van der Waals surface area contributed by atoms with E-state index in [2.05, 4.69) is 25.4 Å². The second kappa shape index (κ2) is 9.30. The lowest BCUT2D eigenvalue weighted by atomic mass is 10.2. The molecule has 0 bridgehead atoms. The van der Waals surface area contributed by atoms with E-state index in [1.54, 1.807) is 7.05 Å². The maximum absolute atomic E-state index is 10.9. The molecule has 1 aromatic rings. The summed E-state index contributed by atoms with van der Waals surface area (Å²) in [5, 5.41) is 10.6. The predicted octanol–water partition coefficient (Wildman–Crippen LogP) is -0.131. The van der Waals surface area contributed by atoms with Gasteiger partial charge in [-0.25, -0.2) is 13.1 Å². The van der Waals surface area contributed by atoms with Crippen molar-refractivity contribution in [1.82, 2.24) is 25.1 Å². The minimum Gasteiger partial charge on any atom is -0.355 e. The highest BCUT2D eigenvalue weighted by atomic mass is 127. The Morgan fingerprint density at radius 2 is 1.91 bits per heavy atom. The molecule has 0 fully saturated rings. The monoisotopic (exact) mass is 444 g/mol. The predicted molar refractivity (Wildman–Crippen MR) is 99.1 cm³/mol. The fraction of sp³-hybridized carbons (Fsp3) is 0.667. The summed E-state index contributed by atoms with van der Waals surface area (Å²) in [6, 6.07) is 0. The Bertz CT molecular complexity index is 611. The first-order valence-corrected chi connectivity index (χ1v) is 8.52. The van der Waals surface area contributed by atoms with E-state index in [0.29, 0.717) is 25.6 Å². The zero-order valence-electron chi connectivity index (χ0n) is 13.6. The van der Waals surface area contributed by atoms with Gasteiger partial charge in [0.2, 0.25) is 10.0 Å². The average Bonchev–Trinajstić information content (AvgIpc) is 2.62. The van der Waals surface area contributed by atoms with Crippen molar-refractivity contribution < 1.29 is 8.42 Å². The molecule has 0 amide bonds. The van der Waals surface area contributed by atoms with Gasteiger partial charge in [0.1, 0.15) is 0 Å². The van der Waals surface area contributed by atoms with Crippen LogP contribution in [0.5, 0.6) is 0 Å². The number of aliphatic imine (C=N–C) groups is 1. The van der Waals surface area contributed by atoms with Crippen molar-refractivity contribution in [2.24, 2.45) is 12.0 Å². The van der Waals surface area contributed by atoms with Crippen LogP contribution >= 0.6 is 24.0 Å². The topological polar surface area (TPSA) is 100 Å². The van der Waals surface area contributed by atoms with Crippen LogP contribution in [0.4, 0.5) is 0 Å². The first-order valence-electron chi connectivity index (χ1n) is 6.63. The highest BCUT2D eigenvalue weighted by Crippen LogP contribution is 2.10. The summed E-state index contributed by atoms with van der Waals surface area (Å²) >= 11 is 0. The van der Waals surface area contributed by atoms with Gasteiger partial charge in [0.25, 0.3) is 0 Å². The molecule has 0 saturated heterocycles. The van der Waals surface area contributed by atoms with Crippen LogP contribution in [0.2, 0.25) is 0 Å². The smallest absolute Gasteiger partial charge is 0.208 e. The van der Waals surface area contributed by atoms with Crippen molar-refractivity contribution in [3.05, 3.63) is 17.0 Å².